The lowest BCUT2D eigenvalue weighted by atomic mass is 10.00. The van der Waals surface area contributed by atoms with Gasteiger partial charge in [-0.2, -0.15) is 10.2 Å². The maximum Gasteiger partial charge on any atom is 0.309 e. The van der Waals surface area contributed by atoms with Crippen molar-refractivity contribution in [2.24, 2.45) is 5.92 Å². The molecule has 1 aromatic carbocycles. The first-order chi connectivity index (χ1) is 10.7. The Morgan fingerprint density at radius 3 is 2.59 bits per heavy atom. The van der Waals surface area contributed by atoms with Crippen molar-refractivity contribution in [1.29, 1.82) is 0 Å². The number of carbonyl (C=O) groups is 1. The SMILES string of the molecule is O=C(O)C1CN(Cc2ccc(OCc3ccnnc3)cc2)C1. The molecule has 1 aliphatic rings. The second-order valence-electron chi connectivity index (χ2n) is 5.41. The maximum atomic E-state index is 10.8. The summed E-state index contributed by atoms with van der Waals surface area (Å²) in [6, 6.07) is 9.74. The highest BCUT2D eigenvalue weighted by Gasteiger charge is 2.31. The van der Waals surface area contributed by atoms with Crippen molar-refractivity contribution in [3.63, 3.8) is 0 Å². The number of rotatable bonds is 6. The van der Waals surface area contributed by atoms with Crippen LogP contribution in [0.4, 0.5) is 0 Å². The van der Waals surface area contributed by atoms with Crippen LogP contribution in [0.3, 0.4) is 0 Å². The zero-order valence-electron chi connectivity index (χ0n) is 12.1. The molecule has 22 heavy (non-hydrogen) atoms. The molecule has 0 radical (unpaired) electrons. The van der Waals surface area contributed by atoms with Gasteiger partial charge in [-0.25, -0.2) is 0 Å². The van der Waals surface area contributed by atoms with E-state index in [0.717, 1.165) is 23.4 Å². The van der Waals surface area contributed by atoms with Crippen LogP contribution in [0.15, 0.2) is 42.7 Å². The van der Waals surface area contributed by atoms with E-state index in [9.17, 15) is 4.79 Å². The average molecular weight is 299 g/mol. The highest BCUT2D eigenvalue weighted by Crippen LogP contribution is 2.20. The van der Waals surface area contributed by atoms with Crippen LogP contribution in [-0.2, 0) is 17.9 Å². The molecule has 0 spiro atoms. The summed E-state index contributed by atoms with van der Waals surface area (Å²) in [4.78, 5) is 12.9. The van der Waals surface area contributed by atoms with E-state index in [1.807, 2.05) is 30.3 Å². The van der Waals surface area contributed by atoms with Crippen LogP contribution in [0.1, 0.15) is 11.1 Å². The quantitative estimate of drug-likeness (QED) is 0.872. The summed E-state index contributed by atoms with van der Waals surface area (Å²) in [5, 5.41) is 16.4. The third-order valence-corrected chi connectivity index (χ3v) is 3.69. The summed E-state index contributed by atoms with van der Waals surface area (Å²) in [7, 11) is 0. The van der Waals surface area contributed by atoms with Gasteiger partial charge in [0.1, 0.15) is 12.4 Å². The van der Waals surface area contributed by atoms with Gasteiger partial charge in [0.2, 0.25) is 0 Å². The molecule has 1 aliphatic heterocycles. The molecular weight excluding hydrogens is 282 g/mol. The molecule has 0 atom stereocenters. The number of ether oxygens (including phenoxy) is 1. The van der Waals surface area contributed by atoms with Crippen molar-refractivity contribution < 1.29 is 14.6 Å². The Morgan fingerprint density at radius 2 is 1.95 bits per heavy atom. The van der Waals surface area contributed by atoms with E-state index in [2.05, 4.69) is 15.1 Å². The number of likely N-dealkylation sites (tertiary alicyclic amines) is 1. The topological polar surface area (TPSA) is 75.5 Å². The molecule has 6 heteroatoms. The van der Waals surface area contributed by atoms with Gasteiger partial charge >= 0.3 is 5.97 Å². The molecule has 0 bridgehead atoms. The second kappa shape index (κ2) is 6.53. The normalized spacial score (nSPS) is 15.3. The molecule has 0 amide bonds. The highest BCUT2D eigenvalue weighted by atomic mass is 16.5. The fourth-order valence-corrected chi connectivity index (χ4v) is 2.37. The Labute approximate surface area is 128 Å². The predicted octanol–water partition coefficient (Wildman–Crippen LogP) is 1.57. The maximum absolute atomic E-state index is 10.8. The van der Waals surface area contributed by atoms with E-state index in [-0.39, 0.29) is 5.92 Å². The number of hydrogen-bond acceptors (Lipinski definition) is 5. The Morgan fingerprint density at radius 1 is 1.18 bits per heavy atom. The second-order valence-corrected chi connectivity index (χ2v) is 5.41. The first-order valence-electron chi connectivity index (χ1n) is 7.13. The zero-order valence-corrected chi connectivity index (χ0v) is 12.1. The number of aliphatic carboxylic acids is 1. The van der Waals surface area contributed by atoms with Crippen molar-refractivity contribution in [3.05, 3.63) is 53.9 Å². The predicted molar refractivity (Wildman–Crippen MR) is 79.2 cm³/mol. The third-order valence-electron chi connectivity index (χ3n) is 3.69. The molecule has 1 fully saturated rings. The van der Waals surface area contributed by atoms with Crippen molar-refractivity contribution in [2.45, 2.75) is 13.2 Å². The van der Waals surface area contributed by atoms with Crippen LogP contribution < -0.4 is 4.74 Å². The monoisotopic (exact) mass is 299 g/mol. The molecular formula is C16H17N3O3. The fourth-order valence-electron chi connectivity index (χ4n) is 2.37. The lowest BCUT2D eigenvalue weighted by Gasteiger charge is -2.36. The van der Waals surface area contributed by atoms with E-state index in [1.165, 1.54) is 0 Å². The number of hydrogen-bond donors (Lipinski definition) is 1. The van der Waals surface area contributed by atoms with Crippen LogP contribution in [0.25, 0.3) is 0 Å². The van der Waals surface area contributed by atoms with Gasteiger partial charge in [0, 0.05) is 31.4 Å². The number of nitrogens with zero attached hydrogens (tertiary/aromatic N) is 3. The number of aromatic nitrogens is 2. The minimum Gasteiger partial charge on any atom is -0.489 e. The first-order valence-corrected chi connectivity index (χ1v) is 7.13. The summed E-state index contributed by atoms with van der Waals surface area (Å²) >= 11 is 0. The molecule has 114 valence electrons. The Kier molecular flexibility index (Phi) is 4.29. The van der Waals surface area contributed by atoms with Crippen LogP contribution in [0.5, 0.6) is 5.75 Å². The van der Waals surface area contributed by atoms with Gasteiger partial charge in [-0.05, 0) is 23.8 Å². The van der Waals surface area contributed by atoms with E-state index >= 15 is 0 Å². The van der Waals surface area contributed by atoms with E-state index < -0.39 is 5.97 Å². The van der Waals surface area contributed by atoms with Gasteiger partial charge in [-0.3, -0.25) is 9.69 Å². The van der Waals surface area contributed by atoms with Gasteiger partial charge in [0.05, 0.1) is 12.1 Å². The lowest BCUT2D eigenvalue weighted by Crippen LogP contribution is -2.49. The molecule has 0 unspecified atom stereocenters. The molecule has 2 aromatic rings. The van der Waals surface area contributed by atoms with Gasteiger partial charge in [0.15, 0.2) is 0 Å². The van der Waals surface area contributed by atoms with Crippen molar-refractivity contribution in [3.8, 4) is 5.75 Å². The molecule has 1 aromatic heterocycles. The summed E-state index contributed by atoms with van der Waals surface area (Å²) in [6.07, 6.45) is 3.32. The third kappa shape index (κ3) is 3.59. The molecule has 1 N–H and O–H groups in total. The number of benzene rings is 1. The smallest absolute Gasteiger partial charge is 0.309 e. The molecule has 2 heterocycles. The summed E-state index contributed by atoms with van der Waals surface area (Å²) < 4.78 is 5.68. The number of carboxylic acid groups (broad SMARTS) is 1. The van der Waals surface area contributed by atoms with Gasteiger partial charge in [-0.1, -0.05) is 12.1 Å². The van der Waals surface area contributed by atoms with Gasteiger partial charge in [0.25, 0.3) is 0 Å². The van der Waals surface area contributed by atoms with E-state index in [0.29, 0.717) is 19.7 Å². The van der Waals surface area contributed by atoms with Crippen LogP contribution in [0, 0.1) is 5.92 Å². The lowest BCUT2D eigenvalue weighted by molar-refractivity contribution is -0.147. The van der Waals surface area contributed by atoms with E-state index in [4.69, 9.17) is 9.84 Å². The highest BCUT2D eigenvalue weighted by molar-refractivity contribution is 5.71. The Bertz CT molecular complexity index is 625. The molecule has 0 saturated carbocycles. The summed E-state index contributed by atoms with van der Waals surface area (Å²) in [5.74, 6) is -0.116. The van der Waals surface area contributed by atoms with E-state index in [1.54, 1.807) is 12.4 Å². The van der Waals surface area contributed by atoms with Crippen LogP contribution >= 0.6 is 0 Å². The largest absolute Gasteiger partial charge is 0.489 e. The first kappa shape index (κ1) is 14.5. The van der Waals surface area contributed by atoms with Crippen molar-refractivity contribution >= 4 is 5.97 Å². The Balaban J connectivity index is 1.47. The molecule has 1 saturated heterocycles. The van der Waals surface area contributed by atoms with Crippen LogP contribution in [0.2, 0.25) is 0 Å². The zero-order chi connectivity index (χ0) is 15.4. The van der Waals surface area contributed by atoms with Crippen LogP contribution in [-0.4, -0.2) is 39.3 Å². The minimum atomic E-state index is -0.703. The van der Waals surface area contributed by atoms with Crippen molar-refractivity contribution in [1.82, 2.24) is 15.1 Å². The molecule has 0 aliphatic carbocycles. The van der Waals surface area contributed by atoms with Crippen molar-refractivity contribution in [2.75, 3.05) is 13.1 Å². The number of carboxylic acids is 1. The fraction of sp³-hybridized carbons (Fsp3) is 0.312. The minimum absolute atomic E-state index is 0.212. The average Bonchev–Trinajstić information content (AvgIpc) is 2.50. The van der Waals surface area contributed by atoms with Gasteiger partial charge < -0.3 is 9.84 Å². The summed E-state index contributed by atoms with van der Waals surface area (Å²) in [6.45, 7) is 2.49. The standard InChI is InChI=1S/C16H17N3O3/c20-16(21)14-9-19(10-14)8-12-1-3-15(4-2-12)22-11-13-5-6-17-18-7-13/h1-7,14H,8-11H2,(H,20,21). The summed E-state index contributed by atoms with van der Waals surface area (Å²) in [5.41, 5.74) is 2.13. The Hall–Kier alpha value is -2.47. The van der Waals surface area contributed by atoms with Gasteiger partial charge in [-0.15, -0.1) is 0 Å². The molecule has 3 rings (SSSR count). The molecule has 6 nitrogen and oxygen atoms in total.